The molecular weight excluding hydrogens is 493 g/mol. The number of hydrogen-bond acceptors (Lipinski definition) is 4. The first-order valence-electron chi connectivity index (χ1n) is 12.4. The summed E-state index contributed by atoms with van der Waals surface area (Å²) in [7, 11) is -3.85. The largest absolute Gasteiger partial charge is 0.354 e. The Morgan fingerprint density at radius 1 is 0.973 bits per heavy atom. The highest BCUT2D eigenvalue weighted by molar-refractivity contribution is 7.92. The zero-order valence-corrected chi connectivity index (χ0v) is 22.3. The van der Waals surface area contributed by atoms with E-state index >= 15 is 0 Å². The van der Waals surface area contributed by atoms with Gasteiger partial charge in [-0.3, -0.25) is 13.9 Å². The van der Waals surface area contributed by atoms with Crippen LogP contribution >= 0.6 is 0 Å². The number of amides is 2. The number of halogens is 1. The van der Waals surface area contributed by atoms with Crippen molar-refractivity contribution < 1.29 is 22.4 Å². The Morgan fingerprint density at radius 3 is 2.30 bits per heavy atom. The van der Waals surface area contributed by atoms with Crippen LogP contribution in [0.4, 0.5) is 10.1 Å². The second-order valence-electron chi connectivity index (χ2n) is 8.98. The maximum atomic E-state index is 13.8. The number of carbonyl (C=O) groups excluding carboxylic acids is 2. The molecule has 0 bridgehead atoms. The number of carbonyl (C=O) groups is 2. The molecule has 0 fully saturated rings. The van der Waals surface area contributed by atoms with E-state index in [-0.39, 0.29) is 12.5 Å². The van der Waals surface area contributed by atoms with E-state index in [1.54, 1.807) is 37.3 Å². The van der Waals surface area contributed by atoms with Gasteiger partial charge in [-0.25, -0.2) is 12.8 Å². The Morgan fingerprint density at radius 2 is 1.65 bits per heavy atom. The fourth-order valence-electron chi connectivity index (χ4n) is 4.23. The van der Waals surface area contributed by atoms with E-state index in [2.05, 4.69) is 5.32 Å². The Balaban J connectivity index is 1.98. The zero-order chi connectivity index (χ0) is 27.0. The van der Waals surface area contributed by atoms with Crippen LogP contribution in [0.15, 0.2) is 66.7 Å². The van der Waals surface area contributed by atoms with Crippen molar-refractivity contribution in [3.8, 4) is 0 Å². The van der Waals surface area contributed by atoms with Gasteiger partial charge < -0.3 is 10.2 Å². The van der Waals surface area contributed by atoms with Crippen molar-refractivity contribution in [3.05, 3.63) is 78.1 Å². The predicted molar refractivity (Wildman–Crippen MR) is 145 cm³/mol. The van der Waals surface area contributed by atoms with E-state index in [9.17, 15) is 22.4 Å². The van der Waals surface area contributed by atoms with Crippen LogP contribution in [0, 0.1) is 5.82 Å². The monoisotopic (exact) mass is 527 g/mol. The maximum absolute atomic E-state index is 13.8. The van der Waals surface area contributed by atoms with Gasteiger partial charge in [0.25, 0.3) is 0 Å². The highest BCUT2D eigenvalue weighted by atomic mass is 32.2. The van der Waals surface area contributed by atoms with Crippen LogP contribution in [0.3, 0.4) is 0 Å². The van der Waals surface area contributed by atoms with Crippen LogP contribution < -0.4 is 9.62 Å². The molecule has 0 aliphatic carbocycles. The second-order valence-corrected chi connectivity index (χ2v) is 10.9. The van der Waals surface area contributed by atoms with Crippen LogP contribution in [0.1, 0.15) is 38.7 Å². The van der Waals surface area contributed by atoms with Gasteiger partial charge in [0.05, 0.1) is 11.9 Å². The Kier molecular flexibility index (Phi) is 9.63. The average Bonchev–Trinajstić information content (AvgIpc) is 2.87. The molecule has 0 radical (unpaired) electrons. The minimum Gasteiger partial charge on any atom is -0.354 e. The third-order valence-electron chi connectivity index (χ3n) is 6.20. The first-order chi connectivity index (χ1) is 17.7. The average molecular weight is 528 g/mol. The highest BCUT2D eigenvalue weighted by Crippen LogP contribution is 2.28. The lowest BCUT2D eigenvalue weighted by atomic mass is 10.1. The number of unbranched alkanes of at least 4 members (excludes halogenated alkanes) is 1. The van der Waals surface area contributed by atoms with Crippen molar-refractivity contribution in [2.24, 2.45) is 0 Å². The number of sulfonamides is 1. The summed E-state index contributed by atoms with van der Waals surface area (Å²) in [6.07, 6.45) is 3.10. The van der Waals surface area contributed by atoms with Crippen LogP contribution in [0.2, 0.25) is 0 Å². The summed E-state index contributed by atoms with van der Waals surface area (Å²) < 4.78 is 40.4. The van der Waals surface area contributed by atoms with E-state index in [0.29, 0.717) is 29.6 Å². The lowest BCUT2D eigenvalue weighted by Gasteiger charge is -2.33. The summed E-state index contributed by atoms with van der Waals surface area (Å²) in [6.45, 7) is 3.85. The number of benzene rings is 3. The standard InChI is InChI=1S/C28H34FN3O4S/c1-4-6-18-30-28(34)25(5-2)31(19-21-14-16-23(29)17-15-21)27(33)20-32(37(3,35)36)26-13-9-11-22-10-7-8-12-24(22)26/h7-17,25H,4-6,18-20H2,1-3H3,(H,30,34). The number of nitrogens with one attached hydrogen (secondary N) is 1. The molecule has 1 unspecified atom stereocenters. The summed E-state index contributed by atoms with van der Waals surface area (Å²) in [4.78, 5) is 28.2. The number of anilines is 1. The van der Waals surface area contributed by atoms with Gasteiger partial charge in [-0.15, -0.1) is 0 Å². The molecule has 0 heterocycles. The Labute approximate surface area is 218 Å². The summed E-state index contributed by atoms with van der Waals surface area (Å²) in [5.74, 6) is -1.24. The fraction of sp³-hybridized carbons (Fsp3) is 0.357. The van der Waals surface area contributed by atoms with Crippen molar-refractivity contribution in [2.45, 2.75) is 45.7 Å². The minimum atomic E-state index is -3.85. The summed E-state index contributed by atoms with van der Waals surface area (Å²) in [5, 5.41) is 4.41. The lowest BCUT2D eigenvalue weighted by molar-refractivity contribution is -0.140. The molecule has 37 heavy (non-hydrogen) atoms. The summed E-state index contributed by atoms with van der Waals surface area (Å²) in [5.41, 5.74) is 1.02. The van der Waals surface area contributed by atoms with Gasteiger partial charge in [0.2, 0.25) is 21.8 Å². The van der Waals surface area contributed by atoms with Crippen LogP contribution in [-0.2, 0) is 26.2 Å². The van der Waals surface area contributed by atoms with Crippen molar-refractivity contribution in [1.82, 2.24) is 10.2 Å². The van der Waals surface area contributed by atoms with Gasteiger partial charge in [-0.05, 0) is 42.0 Å². The molecule has 0 aliphatic rings. The number of fused-ring (bicyclic) bond motifs is 1. The molecule has 198 valence electrons. The Hall–Kier alpha value is -3.46. The van der Waals surface area contributed by atoms with Gasteiger partial charge in [-0.1, -0.05) is 68.8 Å². The Bertz CT molecular complexity index is 1320. The van der Waals surface area contributed by atoms with E-state index in [1.165, 1.54) is 17.0 Å². The molecule has 3 aromatic carbocycles. The summed E-state index contributed by atoms with van der Waals surface area (Å²) >= 11 is 0. The minimum absolute atomic E-state index is 0.0337. The molecule has 2 amide bonds. The molecule has 0 spiro atoms. The fourth-order valence-corrected chi connectivity index (χ4v) is 5.09. The van der Waals surface area contributed by atoms with Crippen LogP contribution in [0.25, 0.3) is 10.8 Å². The van der Waals surface area contributed by atoms with Gasteiger partial charge in [-0.2, -0.15) is 0 Å². The molecular formula is C28H34FN3O4S. The molecule has 1 N–H and O–H groups in total. The van der Waals surface area contributed by atoms with E-state index in [4.69, 9.17) is 0 Å². The maximum Gasteiger partial charge on any atom is 0.244 e. The number of nitrogens with zero attached hydrogens (tertiary/aromatic N) is 2. The van der Waals surface area contributed by atoms with E-state index < -0.39 is 34.3 Å². The van der Waals surface area contributed by atoms with Crippen molar-refractivity contribution in [3.63, 3.8) is 0 Å². The van der Waals surface area contributed by atoms with Gasteiger partial charge >= 0.3 is 0 Å². The number of rotatable bonds is 12. The van der Waals surface area contributed by atoms with E-state index in [0.717, 1.165) is 28.8 Å². The zero-order valence-electron chi connectivity index (χ0n) is 21.5. The molecule has 7 nitrogen and oxygen atoms in total. The molecule has 0 saturated carbocycles. The third-order valence-corrected chi connectivity index (χ3v) is 7.32. The van der Waals surface area contributed by atoms with Crippen molar-refractivity contribution in [1.29, 1.82) is 0 Å². The number of hydrogen-bond donors (Lipinski definition) is 1. The quantitative estimate of drug-likeness (QED) is 0.352. The van der Waals surface area contributed by atoms with Gasteiger partial charge in [0.15, 0.2) is 0 Å². The van der Waals surface area contributed by atoms with Crippen molar-refractivity contribution in [2.75, 3.05) is 23.7 Å². The molecule has 3 aromatic rings. The van der Waals surface area contributed by atoms with Crippen molar-refractivity contribution >= 4 is 38.3 Å². The highest BCUT2D eigenvalue weighted by Gasteiger charge is 2.32. The molecule has 3 rings (SSSR count). The SMILES string of the molecule is CCCCNC(=O)C(CC)N(Cc1ccc(F)cc1)C(=O)CN(c1cccc2ccccc12)S(C)(=O)=O. The molecule has 0 saturated heterocycles. The topological polar surface area (TPSA) is 86.8 Å². The molecule has 0 aliphatic heterocycles. The first kappa shape index (κ1) is 28.1. The molecule has 0 aromatic heterocycles. The smallest absolute Gasteiger partial charge is 0.244 e. The van der Waals surface area contributed by atoms with Gasteiger partial charge in [0, 0.05) is 18.5 Å². The predicted octanol–water partition coefficient (Wildman–Crippen LogP) is 4.47. The van der Waals surface area contributed by atoms with Gasteiger partial charge in [0.1, 0.15) is 18.4 Å². The molecule has 9 heteroatoms. The lowest BCUT2D eigenvalue weighted by Crippen LogP contribution is -2.52. The first-order valence-corrected chi connectivity index (χ1v) is 14.3. The third kappa shape index (κ3) is 7.29. The molecule has 1 atom stereocenters. The summed E-state index contributed by atoms with van der Waals surface area (Å²) in [6, 6.07) is 17.5. The van der Waals surface area contributed by atoms with Crippen LogP contribution in [0.5, 0.6) is 0 Å². The van der Waals surface area contributed by atoms with E-state index in [1.807, 2.05) is 31.2 Å². The van der Waals surface area contributed by atoms with Crippen LogP contribution in [-0.4, -0.2) is 50.5 Å². The second kappa shape index (κ2) is 12.7. The normalized spacial score (nSPS) is 12.2.